The zero-order chi connectivity index (χ0) is 20.8. The highest BCUT2D eigenvalue weighted by molar-refractivity contribution is 6.30. The maximum absolute atomic E-state index is 13.7. The van der Waals surface area contributed by atoms with Crippen LogP contribution in [0.2, 0.25) is 5.02 Å². The molecule has 1 aliphatic heterocycles. The molecule has 1 N–H and O–H groups in total. The molecule has 0 amide bonds. The third-order valence-corrected chi connectivity index (χ3v) is 5.04. The maximum atomic E-state index is 13.7. The molecular formula is C20H17ClF3N3O2. The van der Waals surface area contributed by atoms with Gasteiger partial charge in [-0.25, -0.2) is 4.68 Å². The predicted molar refractivity (Wildman–Crippen MR) is 104 cm³/mol. The first-order valence-electron chi connectivity index (χ1n) is 8.78. The van der Waals surface area contributed by atoms with Crippen LogP contribution >= 0.6 is 11.6 Å². The van der Waals surface area contributed by atoms with Gasteiger partial charge in [-0.1, -0.05) is 11.6 Å². The van der Waals surface area contributed by atoms with E-state index in [-0.39, 0.29) is 10.7 Å². The van der Waals surface area contributed by atoms with E-state index in [1.54, 1.807) is 25.3 Å². The molecule has 0 fully saturated rings. The number of methoxy groups -OCH3 is 2. The molecule has 0 atom stereocenters. The topological polar surface area (TPSA) is 48.3 Å². The monoisotopic (exact) mass is 423 g/mol. The predicted octanol–water partition coefficient (Wildman–Crippen LogP) is 5.20. The van der Waals surface area contributed by atoms with Gasteiger partial charge in [-0.15, -0.1) is 0 Å². The summed E-state index contributed by atoms with van der Waals surface area (Å²) in [6.45, 7) is 0.599. The highest BCUT2D eigenvalue weighted by Gasteiger charge is 2.36. The van der Waals surface area contributed by atoms with Gasteiger partial charge in [0, 0.05) is 22.7 Å². The van der Waals surface area contributed by atoms with Crippen LogP contribution in [0, 0.1) is 0 Å². The number of rotatable bonds is 4. The normalized spacial score (nSPS) is 13.2. The molecule has 0 spiro atoms. The van der Waals surface area contributed by atoms with Crippen molar-refractivity contribution in [2.75, 3.05) is 26.1 Å². The summed E-state index contributed by atoms with van der Waals surface area (Å²) < 4.78 is 53.0. The lowest BCUT2D eigenvalue weighted by Gasteiger charge is -2.15. The molecule has 4 rings (SSSR count). The van der Waals surface area contributed by atoms with Crippen LogP contribution in [0.4, 0.5) is 19.0 Å². The molecule has 0 saturated carbocycles. The van der Waals surface area contributed by atoms with Crippen LogP contribution in [0.1, 0.15) is 11.1 Å². The van der Waals surface area contributed by atoms with E-state index in [4.69, 9.17) is 21.1 Å². The van der Waals surface area contributed by atoms with E-state index in [9.17, 15) is 13.2 Å². The minimum atomic E-state index is -4.58. The molecule has 29 heavy (non-hydrogen) atoms. The Kier molecular flexibility index (Phi) is 4.82. The van der Waals surface area contributed by atoms with E-state index in [2.05, 4.69) is 10.4 Å². The van der Waals surface area contributed by atoms with Crippen molar-refractivity contribution in [2.45, 2.75) is 12.6 Å². The SMILES string of the molecule is COc1ccc(OC)c(-c2nn(-c3ccc(Cl)cc3C(F)(F)F)c3c2CCN3)c1. The summed E-state index contributed by atoms with van der Waals surface area (Å²) in [5.41, 5.74) is 1.06. The Bertz CT molecular complexity index is 1080. The lowest BCUT2D eigenvalue weighted by Crippen LogP contribution is -2.13. The average Bonchev–Trinajstić information content (AvgIpc) is 3.29. The van der Waals surface area contributed by atoms with Gasteiger partial charge in [0.1, 0.15) is 23.0 Å². The molecule has 2 aromatic carbocycles. The minimum absolute atomic E-state index is 0.00697. The fourth-order valence-electron chi connectivity index (χ4n) is 3.48. The number of hydrogen-bond donors (Lipinski definition) is 1. The Balaban J connectivity index is 1.96. The van der Waals surface area contributed by atoms with Gasteiger partial charge in [0.2, 0.25) is 0 Å². The van der Waals surface area contributed by atoms with Gasteiger partial charge in [0.15, 0.2) is 0 Å². The van der Waals surface area contributed by atoms with Gasteiger partial charge in [-0.05, 0) is 42.8 Å². The molecule has 0 aliphatic carbocycles. The van der Waals surface area contributed by atoms with Gasteiger partial charge >= 0.3 is 6.18 Å². The molecule has 0 saturated heterocycles. The summed E-state index contributed by atoms with van der Waals surface area (Å²) in [5.74, 6) is 1.67. The number of anilines is 1. The van der Waals surface area contributed by atoms with Crippen LogP contribution in [0.25, 0.3) is 16.9 Å². The van der Waals surface area contributed by atoms with Crippen molar-refractivity contribution in [3.8, 4) is 28.4 Å². The Labute approximate surface area is 170 Å². The van der Waals surface area contributed by atoms with Crippen molar-refractivity contribution in [1.82, 2.24) is 9.78 Å². The van der Waals surface area contributed by atoms with Crippen molar-refractivity contribution >= 4 is 17.4 Å². The Hall–Kier alpha value is -2.87. The Morgan fingerprint density at radius 1 is 1.10 bits per heavy atom. The Morgan fingerprint density at radius 3 is 2.59 bits per heavy atom. The number of nitrogens with one attached hydrogen (secondary N) is 1. The van der Waals surface area contributed by atoms with Crippen molar-refractivity contribution in [3.63, 3.8) is 0 Å². The van der Waals surface area contributed by atoms with E-state index in [1.807, 2.05) is 0 Å². The highest BCUT2D eigenvalue weighted by Crippen LogP contribution is 2.42. The van der Waals surface area contributed by atoms with Crippen LogP contribution in [-0.4, -0.2) is 30.5 Å². The van der Waals surface area contributed by atoms with Gasteiger partial charge in [-0.3, -0.25) is 0 Å². The molecule has 0 unspecified atom stereocenters. The number of benzene rings is 2. The van der Waals surface area contributed by atoms with E-state index in [1.165, 1.54) is 23.9 Å². The van der Waals surface area contributed by atoms with Crippen molar-refractivity contribution in [1.29, 1.82) is 0 Å². The van der Waals surface area contributed by atoms with E-state index >= 15 is 0 Å². The van der Waals surface area contributed by atoms with Crippen LogP contribution in [0.15, 0.2) is 36.4 Å². The second-order valence-corrected chi connectivity index (χ2v) is 6.93. The lowest BCUT2D eigenvalue weighted by molar-refractivity contribution is -0.137. The zero-order valence-corrected chi connectivity index (χ0v) is 16.4. The molecular weight excluding hydrogens is 407 g/mol. The average molecular weight is 424 g/mol. The van der Waals surface area contributed by atoms with Crippen molar-refractivity contribution < 1.29 is 22.6 Å². The molecule has 3 aromatic rings. The fraction of sp³-hybridized carbons (Fsp3) is 0.250. The van der Waals surface area contributed by atoms with E-state index in [0.717, 1.165) is 11.6 Å². The molecule has 0 bridgehead atoms. The second kappa shape index (κ2) is 7.18. The smallest absolute Gasteiger partial charge is 0.418 e. The molecule has 2 heterocycles. The van der Waals surface area contributed by atoms with E-state index < -0.39 is 11.7 Å². The number of halogens is 4. The molecule has 5 nitrogen and oxygen atoms in total. The first-order valence-corrected chi connectivity index (χ1v) is 9.16. The summed E-state index contributed by atoms with van der Waals surface area (Å²) in [6, 6.07) is 8.90. The summed E-state index contributed by atoms with van der Waals surface area (Å²) in [5, 5.41) is 7.69. The summed E-state index contributed by atoms with van der Waals surface area (Å²) in [4.78, 5) is 0. The number of ether oxygens (including phenoxy) is 2. The van der Waals surface area contributed by atoms with Gasteiger partial charge in [-0.2, -0.15) is 18.3 Å². The lowest BCUT2D eigenvalue weighted by atomic mass is 10.1. The maximum Gasteiger partial charge on any atom is 0.418 e. The molecule has 1 aromatic heterocycles. The second-order valence-electron chi connectivity index (χ2n) is 6.49. The number of nitrogens with zero attached hydrogens (tertiary/aromatic N) is 2. The first kappa shape index (κ1) is 19.4. The van der Waals surface area contributed by atoms with Gasteiger partial charge < -0.3 is 14.8 Å². The quantitative estimate of drug-likeness (QED) is 0.627. The first-order chi connectivity index (χ1) is 13.8. The third-order valence-electron chi connectivity index (χ3n) is 4.80. The van der Waals surface area contributed by atoms with Crippen LogP contribution in [0.5, 0.6) is 11.5 Å². The number of fused-ring (bicyclic) bond motifs is 1. The fourth-order valence-corrected chi connectivity index (χ4v) is 3.66. The zero-order valence-electron chi connectivity index (χ0n) is 15.6. The molecule has 152 valence electrons. The Morgan fingerprint density at radius 2 is 1.90 bits per heavy atom. The van der Waals surface area contributed by atoms with Gasteiger partial charge in [0.05, 0.1) is 25.5 Å². The largest absolute Gasteiger partial charge is 0.497 e. The molecule has 9 heteroatoms. The van der Waals surface area contributed by atoms with Crippen LogP contribution < -0.4 is 14.8 Å². The summed E-state index contributed by atoms with van der Waals surface area (Å²) in [7, 11) is 3.07. The molecule has 0 radical (unpaired) electrons. The van der Waals surface area contributed by atoms with Crippen LogP contribution in [-0.2, 0) is 12.6 Å². The number of alkyl halides is 3. The molecule has 1 aliphatic rings. The minimum Gasteiger partial charge on any atom is -0.497 e. The summed E-state index contributed by atoms with van der Waals surface area (Å²) >= 11 is 5.83. The van der Waals surface area contributed by atoms with E-state index in [0.29, 0.717) is 41.5 Å². The van der Waals surface area contributed by atoms with Crippen LogP contribution in [0.3, 0.4) is 0 Å². The summed E-state index contributed by atoms with van der Waals surface area (Å²) in [6.07, 6.45) is -3.95. The number of hydrogen-bond acceptors (Lipinski definition) is 4. The highest BCUT2D eigenvalue weighted by atomic mass is 35.5. The standard InChI is InChI=1S/C20H17ClF3N3O2/c1-28-12-4-6-17(29-2)14(10-12)18-13-7-8-25-19(13)27(26-18)16-5-3-11(21)9-15(16)20(22,23)24/h3-6,9-10,25H,7-8H2,1-2H3. The van der Waals surface area contributed by atoms with Gasteiger partial charge in [0.25, 0.3) is 0 Å². The number of aromatic nitrogens is 2. The van der Waals surface area contributed by atoms with Crippen molar-refractivity contribution in [2.24, 2.45) is 0 Å². The van der Waals surface area contributed by atoms with Crippen molar-refractivity contribution in [3.05, 3.63) is 52.5 Å². The third kappa shape index (κ3) is 3.37.